The van der Waals surface area contributed by atoms with E-state index in [2.05, 4.69) is 132 Å². The quantitative estimate of drug-likeness (QED) is 0.157. The molecule has 2 heterocycles. The summed E-state index contributed by atoms with van der Waals surface area (Å²) >= 11 is 0. The molecule has 5 heteroatoms. The smallest absolute Gasteiger partial charge is 0.167 e. The molecule has 0 saturated carbocycles. The largest absolute Gasteiger partial charge is 0.455 e. The molecule has 0 atom stereocenters. The second-order valence-electron chi connectivity index (χ2n) is 13.7. The minimum atomic E-state index is 0.566. The zero-order valence-electron chi connectivity index (χ0n) is 30.3. The van der Waals surface area contributed by atoms with E-state index in [-0.39, 0.29) is 0 Å². The van der Waals surface area contributed by atoms with E-state index in [0.29, 0.717) is 17.5 Å². The van der Waals surface area contributed by atoms with Crippen molar-refractivity contribution >= 4 is 39.0 Å². The summed E-state index contributed by atoms with van der Waals surface area (Å²) in [5.74, 6) is 1.79. The van der Waals surface area contributed by atoms with Crippen molar-refractivity contribution in [2.24, 2.45) is 0 Å². The van der Waals surface area contributed by atoms with Gasteiger partial charge in [-0.15, -0.1) is 0 Å². The van der Waals surface area contributed by atoms with Gasteiger partial charge in [0.25, 0.3) is 0 Å². The van der Waals surface area contributed by atoms with Gasteiger partial charge >= 0.3 is 0 Å². The summed E-state index contributed by atoms with van der Waals surface area (Å²) in [5.41, 5.74) is 12.0. The lowest BCUT2D eigenvalue weighted by molar-refractivity contribution is 0.669. The normalized spacial score (nSPS) is 11.2. The summed E-state index contributed by atoms with van der Waals surface area (Å²) in [5, 5.41) is 2.05. The maximum absolute atomic E-state index is 6.70. The standard InChI is InChI=1S/C51H34N4O/c1-5-14-35(15-6-1)36-24-29-42(30-25-36)55(41-20-11-4-12-21-41)43-31-26-37(27-32-43)40-28-33-44-45-22-13-23-46(48(45)56-47(44)34-40)51-53-49(38-16-7-2-8-17-38)52-50(54-51)39-18-9-3-10-19-39/h1-34H. The van der Waals surface area contributed by atoms with E-state index in [9.17, 15) is 0 Å². The SMILES string of the molecule is c1ccc(-c2ccc(N(c3ccccc3)c3ccc(-c4ccc5c(c4)oc4c(-c6nc(-c7ccccc7)nc(-c7ccccc7)n6)cccc45)cc3)cc2)cc1. The fourth-order valence-electron chi connectivity index (χ4n) is 7.34. The first-order chi connectivity index (χ1) is 27.7. The zero-order valence-corrected chi connectivity index (χ0v) is 30.3. The third kappa shape index (κ3) is 6.27. The van der Waals surface area contributed by atoms with Gasteiger partial charge in [-0.25, -0.2) is 15.0 Å². The topological polar surface area (TPSA) is 55.1 Å². The van der Waals surface area contributed by atoms with Crippen LogP contribution in [0.25, 0.3) is 78.4 Å². The summed E-state index contributed by atoms with van der Waals surface area (Å²) in [6.45, 7) is 0. The van der Waals surface area contributed by atoms with Crippen molar-refractivity contribution in [2.45, 2.75) is 0 Å². The van der Waals surface area contributed by atoms with Crippen LogP contribution in [0, 0.1) is 0 Å². The van der Waals surface area contributed by atoms with Gasteiger partial charge in [0.15, 0.2) is 17.5 Å². The third-order valence-corrected chi connectivity index (χ3v) is 10.1. The summed E-state index contributed by atoms with van der Waals surface area (Å²) in [6, 6.07) is 71.1. The predicted molar refractivity (Wildman–Crippen MR) is 229 cm³/mol. The maximum Gasteiger partial charge on any atom is 0.167 e. The first-order valence-corrected chi connectivity index (χ1v) is 18.7. The molecule has 0 bridgehead atoms. The molecule has 10 aromatic rings. The number of nitrogens with zero attached hydrogens (tertiary/aromatic N) is 4. The Labute approximate surface area is 324 Å². The fourth-order valence-corrected chi connectivity index (χ4v) is 7.34. The molecule has 8 aromatic carbocycles. The number of hydrogen-bond donors (Lipinski definition) is 0. The number of anilines is 3. The van der Waals surface area contributed by atoms with Crippen LogP contribution in [0.1, 0.15) is 0 Å². The van der Waals surface area contributed by atoms with Crippen LogP contribution in [0.3, 0.4) is 0 Å². The minimum Gasteiger partial charge on any atom is -0.455 e. The van der Waals surface area contributed by atoms with Crippen molar-refractivity contribution in [1.29, 1.82) is 0 Å². The van der Waals surface area contributed by atoms with E-state index in [1.165, 1.54) is 11.1 Å². The average Bonchev–Trinajstić information content (AvgIpc) is 3.66. The lowest BCUT2D eigenvalue weighted by Gasteiger charge is -2.26. The first-order valence-electron chi connectivity index (χ1n) is 18.7. The Morgan fingerprint density at radius 1 is 0.321 bits per heavy atom. The minimum absolute atomic E-state index is 0.566. The number of para-hydroxylation sites is 2. The molecule has 0 aliphatic rings. The number of hydrogen-bond acceptors (Lipinski definition) is 5. The number of aromatic nitrogens is 3. The molecular weight excluding hydrogens is 685 g/mol. The summed E-state index contributed by atoms with van der Waals surface area (Å²) < 4.78 is 6.70. The van der Waals surface area contributed by atoms with Crippen molar-refractivity contribution in [3.63, 3.8) is 0 Å². The number of rotatable bonds is 8. The molecule has 0 fully saturated rings. The molecule has 0 saturated heterocycles. The number of furan rings is 1. The van der Waals surface area contributed by atoms with E-state index in [4.69, 9.17) is 19.4 Å². The molecule has 0 N–H and O–H groups in total. The zero-order chi connectivity index (χ0) is 37.3. The van der Waals surface area contributed by atoms with Crippen LogP contribution >= 0.6 is 0 Å². The molecule has 0 unspecified atom stereocenters. The van der Waals surface area contributed by atoms with Gasteiger partial charge in [-0.05, 0) is 76.9 Å². The second kappa shape index (κ2) is 14.3. The fraction of sp³-hybridized carbons (Fsp3) is 0. The highest BCUT2D eigenvalue weighted by molar-refractivity contribution is 6.10. The highest BCUT2D eigenvalue weighted by atomic mass is 16.3. The predicted octanol–water partition coefficient (Wildman–Crippen LogP) is 13.6. The van der Waals surface area contributed by atoms with Gasteiger partial charge in [-0.1, -0.05) is 152 Å². The van der Waals surface area contributed by atoms with Crippen molar-refractivity contribution in [3.8, 4) is 56.4 Å². The molecule has 10 rings (SSSR count). The molecule has 0 amide bonds. The molecule has 0 spiro atoms. The van der Waals surface area contributed by atoms with Crippen LogP contribution in [0.4, 0.5) is 17.1 Å². The molecule has 0 aliphatic carbocycles. The summed E-state index contributed by atoms with van der Waals surface area (Å²) in [6.07, 6.45) is 0. The maximum atomic E-state index is 6.70. The molecule has 0 aliphatic heterocycles. The Bertz CT molecular complexity index is 2870. The van der Waals surface area contributed by atoms with Gasteiger partial charge in [-0.2, -0.15) is 0 Å². The van der Waals surface area contributed by atoms with Crippen molar-refractivity contribution < 1.29 is 4.42 Å². The highest BCUT2D eigenvalue weighted by Gasteiger charge is 2.19. The van der Waals surface area contributed by atoms with Crippen molar-refractivity contribution in [3.05, 3.63) is 206 Å². The van der Waals surface area contributed by atoms with E-state index >= 15 is 0 Å². The van der Waals surface area contributed by atoms with Gasteiger partial charge in [-0.3, -0.25) is 0 Å². The Morgan fingerprint density at radius 2 is 0.768 bits per heavy atom. The highest BCUT2D eigenvalue weighted by Crippen LogP contribution is 2.39. The van der Waals surface area contributed by atoms with Crippen LogP contribution < -0.4 is 4.90 Å². The summed E-state index contributed by atoms with van der Waals surface area (Å²) in [7, 11) is 0. The molecule has 5 nitrogen and oxygen atoms in total. The van der Waals surface area contributed by atoms with Crippen LogP contribution in [0.15, 0.2) is 211 Å². The molecular formula is C51H34N4O. The number of benzene rings is 8. The molecule has 56 heavy (non-hydrogen) atoms. The molecule has 0 radical (unpaired) electrons. The Kier molecular flexibility index (Phi) is 8.43. The van der Waals surface area contributed by atoms with E-state index in [1.807, 2.05) is 78.9 Å². The van der Waals surface area contributed by atoms with E-state index in [1.54, 1.807) is 0 Å². The van der Waals surface area contributed by atoms with Crippen molar-refractivity contribution in [1.82, 2.24) is 15.0 Å². The summed E-state index contributed by atoms with van der Waals surface area (Å²) in [4.78, 5) is 17.1. The average molecular weight is 719 g/mol. The van der Waals surface area contributed by atoms with Crippen molar-refractivity contribution in [2.75, 3.05) is 4.90 Å². The van der Waals surface area contributed by atoms with Gasteiger partial charge in [0.2, 0.25) is 0 Å². The third-order valence-electron chi connectivity index (χ3n) is 10.1. The first kappa shape index (κ1) is 33.0. The molecule has 2 aromatic heterocycles. The van der Waals surface area contributed by atoms with Crippen LogP contribution in [0.5, 0.6) is 0 Å². The van der Waals surface area contributed by atoms with Crippen LogP contribution in [-0.2, 0) is 0 Å². The van der Waals surface area contributed by atoms with E-state index < -0.39 is 0 Å². The lowest BCUT2D eigenvalue weighted by atomic mass is 10.0. The van der Waals surface area contributed by atoms with E-state index in [0.717, 1.165) is 66.8 Å². The van der Waals surface area contributed by atoms with Gasteiger partial charge in [0, 0.05) is 39.0 Å². The van der Waals surface area contributed by atoms with Crippen LogP contribution in [0.2, 0.25) is 0 Å². The second-order valence-corrected chi connectivity index (χ2v) is 13.7. The Hall–Kier alpha value is -7.63. The lowest BCUT2D eigenvalue weighted by Crippen LogP contribution is -2.09. The van der Waals surface area contributed by atoms with Gasteiger partial charge < -0.3 is 9.32 Å². The monoisotopic (exact) mass is 718 g/mol. The Balaban J connectivity index is 1.01. The number of fused-ring (bicyclic) bond motifs is 3. The van der Waals surface area contributed by atoms with Gasteiger partial charge in [0.1, 0.15) is 11.2 Å². The Morgan fingerprint density at radius 3 is 1.34 bits per heavy atom. The van der Waals surface area contributed by atoms with Crippen LogP contribution in [-0.4, -0.2) is 15.0 Å². The molecule has 264 valence electrons. The van der Waals surface area contributed by atoms with Gasteiger partial charge in [0.05, 0.1) is 5.56 Å².